The summed E-state index contributed by atoms with van der Waals surface area (Å²) in [5, 5.41) is 0. The highest BCUT2D eigenvalue weighted by atomic mass is 16.6. The summed E-state index contributed by atoms with van der Waals surface area (Å²) in [6, 6.07) is 0. The van der Waals surface area contributed by atoms with E-state index in [9.17, 15) is 9.59 Å². The average molecular weight is 337 g/mol. The zero-order valence-corrected chi connectivity index (χ0v) is 15.3. The highest BCUT2D eigenvalue weighted by Gasteiger charge is 2.28. The van der Waals surface area contributed by atoms with E-state index in [4.69, 9.17) is 4.74 Å². The van der Waals surface area contributed by atoms with Crippen LogP contribution in [-0.2, 0) is 9.53 Å². The Morgan fingerprint density at radius 2 is 1.92 bits per heavy atom. The van der Waals surface area contributed by atoms with Crippen LogP contribution in [0.1, 0.15) is 33.6 Å². The second-order valence-electron chi connectivity index (χ2n) is 7.70. The van der Waals surface area contributed by atoms with Gasteiger partial charge >= 0.3 is 6.09 Å². The third-order valence-corrected chi connectivity index (χ3v) is 4.50. The van der Waals surface area contributed by atoms with Gasteiger partial charge < -0.3 is 14.5 Å². The first-order valence-corrected chi connectivity index (χ1v) is 8.89. The van der Waals surface area contributed by atoms with Gasteiger partial charge in [-0.2, -0.15) is 0 Å². The molecule has 1 atom stereocenters. The normalized spacial score (nSPS) is 22.8. The first-order chi connectivity index (χ1) is 11.3. The molecule has 0 spiro atoms. The number of amides is 2. The van der Waals surface area contributed by atoms with E-state index in [1.807, 2.05) is 31.7 Å². The first kappa shape index (κ1) is 18.8. The van der Waals surface area contributed by atoms with Crippen LogP contribution >= 0.6 is 0 Å². The quantitative estimate of drug-likeness (QED) is 0.720. The molecule has 1 unspecified atom stereocenters. The molecule has 0 bridgehead atoms. The van der Waals surface area contributed by atoms with Gasteiger partial charge in [-0.15, -0.1) is 6.58 Å². The fourth-order valence-electron chi connectivity index (χ4n) is 3.14. The second-order valence-corrected chi connectivity index (χ2v) is 7.70. The molecule has 2 saturated heterocycles. The molecule has 6 heteroatoms. The number of hydrogen-bond donors (Lipinski definition) is 0. The Bertz CT molecular complexity index is 465. The lowest BCUT2D eigenvalue weighted by Crippen LogP contribution is -2.50. The SMILES string of the molecule is C=CC1CC(=O)N(CCCN2CCN(C(=O)OC(C)(C)C)CC2)C1. The van der Waals surface area contributed by atoms with E-state index in [0.29, 0.717) is 25.4 Å². The van der Waals surface area contributed by atoms with Crippen molar-refractivity contribution in [2.45, 2.75) is 39.2 Å². The lowest BCUT2D eigenvalue weighted by molar-refractivity contribution is -0.127. The minimum Gasteiger partial charge on any atom is -0.444 e. The molecule has 2 rings (SSSR count). The number of hydrogen-bond acceptors (Lipinski definition) is 4. The van der Waals surface area contributed by atoms with Crippen LogP contribution in [0, 0.1) is 5.92 Å². The molecule has 2 amide bonds. The third-order valence-electron chi connectivity index (χ3n) is 4.50. The molecule has 0 aliphatic carbocycles. The fourth-order valence-corrected chi connectivity index (χ4v) is 3.14. The van der Waals surface area contributed by atoms with E-state index >= 15 is 0 Å². The second kappa shape index (κ2) is 8.01. The number of carbonyl (C=O) groups is 2. The zero-order valence-electron chi connectivity index (χ0n) is 15.3. The van der Waals surface area contributed by atoms with Gasteiger partial charge in [-0.1, -0.05) is 6.08 Å². The molecule has 24 heavy (non-hydrogen) atoms. The van der Waals surface area contributed by atoms with Crippen LogP contribution < -0.4 is 0 Å². The molecule has 6 nitrogen and oxygen atoms in total. The summed E-state index contributed by atoms with van der Waals surface area (Å²) < 4.78 is 5.41. The Labute approximate surface area is 145 Å². The monoisotopic (exact) mass is 337 g/mol. The molecule has 0 aromatic rings. The van der Waals surface area contributed by atoms with Gasteiger partial charge in [0, 0.05) is 51.6 Å². The van der Waals surface area contributed by atoms with E-state index in [-0.39, 0.29) is 12.0 Å². The Hall–Kier alpha value is -1.56. The van der Waals surface area contributed by atoms with Crippen LogP contribution in [0.25, 0.3) is 0 Å². The fraction of sp³-hybridized carbons (Fsp3) is 0.778. The van der Waals surface area contributed by atoms with Crippen molar-refractivity contribution in [3.8, 4) is 0 Å². The summed E-state index contributed by atoms with van der Waals surface area (Å²) in [5.74, 6) is 0.560. The maximum absolute atomic E-state index is 12.0. The summed E-state index contributed by atoms with van der Waals surface area (Å²) in [7, 11) is 0. The van der Waals surface area contributed by atoms with Gasteiger partial charge in [0.05, 0.1) is 0 Å². The topological polar surface area (TPSA) is 53.1 Å². The van der Waals surface area contributed by atoms with E-state index in [0.717, 1.165) is 39.1 Å². The van der Waals surface area contributed by atoms with Crippen molar-refractivity contribution in [1.29, 1.82) is 0 Å². The Morgan fingerprint density at radius 3 is 2.46 bits per heavy atom. The van der Waals surface area contributed by atoms with Crippen molar-refractivity contribution >= 4 is 12.0 Å². The highest BCUT2D eigenvalue weighted by molar-refractivity contribution is 5.78. The van der Waals surface area contributed by atoms with Crippen LogP contribution in [0.4, 0.5) is 4.79 Å². The first-order valence-electron chi connectivity index (χ1n) is 8.89. The van der Waals surface area contributed by atoms with E-state index < -0.39 is 5.60 Å². The molecule has 136 valence electrons. The summed E-state index contributed by atoms with van der Waals surface area (Å²) in [6.07, 6.45) is 3.24. The minimum absolute atomic E-state index is 0.222. The minimum atomic E-state index is -0.445. The van der Waals surface area contributed by atoms with E-state index in [1.165, 1.54) is 0 Å². The molecular weight excluding hydrogens is 306 g/mol. The van der Waals surface area contributed by atoms with Gasteiger partial charge in [0.1, 0.15) is 5.60 Å². The number of ether oxygens (including phenoxy) is 1. The molecular formula is C18H31N3O3. The van der Waals surface area contributed by atoms with Crippen LogP contribution in [0.3, 0.4) is 0 Å². The van der Waals surface area contributed by atoms with Crippen LogP contribution in [-0.4, -0.2) is 78.1 Å². The molecule has 0 aromatic heterocycles. The van der Waals surface area contributed by atoms with Crippen LogP contribution in [0.5, 0.6) is 0 Å². The molecule has 2 aliphatic heterocycles. The van der Waals surface area contributed by atoms with Crippen molar-refractivity contribution in [2.24, 2.45) is 5.92 Å². The molecule has 0 aromatic carbocycles. The highest BCUT2D eigenvalue weighted by Crippen LogP contribution is 2.18. The number of likely N-dealkylation sites (tertiary alicyclic amines) is 1. The largest absolute Gasteiger partial charge is 0.444 e. The summed E-state index contributed by atoms with van der Waals surface area (Å²) >= 11 is 0. The number of nitrogens with zero attached hydrogens (tertiary/aromatic N) is 3. The van der Waals surface area contributed by atoms with Crippen LogP contribution in [0.2, 0.25) is 0 Å². The van der Waals surface area contributed by atoms with Crippen molar-refractivity contribution in [1.82, 2.24) is 14.7 Å². The van der Waals surface area contributed by atoms with Gasteiger partial charge in [-0.05, 0) is 33.7 Å². The number of rotatable bonds is 5. The molecule has 2 heterocycles. The standard InChI is InChI=1S/C18H31N3O3/c1-5-15-13-16(22)21(14-15)8-6-7-19-9-11-20(12-10-19)17(23)24-18(2,3)4/h5,15H,1,6-14H2,2-4H3. The molecule has 0 saturated carbocycles. The molecule has 0 radical (unpaired) electrons. The Morgan fingerprint density at radius 1 is 1.25 bits per heavy atom. The third kappa shape index (κ3) is 5.51. The maximum atomic E-state index is 12.0. The molecule has 0 N–H and O–H groups in total. The average Bonchev–Trinajstić information content (AvgIpc) is 2.87. The van der Waals surface area contributed by atoms with Crippen LogP contribution in [0.15, 0.2) is 12.7 Å². The summed E-state index contributed by atoms with van der Waals surface area (Å²) in [4.78, 5) is 30.0. The molecule has 2 fully saturated rings. The van der Waals surface area contributed by atoms with Gasteiger partial charge in [0.25, 0.3) is 0 Å². The number of piperazine rings is 1. The predicted molar refractivity (Wildman–Crippen MR) is 93.7 cm³/mol. The maximum Gasteiger partial charge on any atom is 0.410 e. The molecule has 2 aliphatic rings. The van der Waals surface area contributed by atoms with Crippen molar-refractivity contribution in [3.63, 3.8) is 0 Å². The van der Waals surface area contributed by atoms with Crippen molar-refractivity contribution < 1.29 is 14.3 Å². The number of carbonyl (C=O) groups excluding carboxylic acids is 2. The van der Waals surface area contributed by atoms with E-state index in [2.05, 4.69) is 11.5 Å². The van der Waals surface area contributed by atoms with Gasteiger partial charge in [-0.25, -0.2) is 4.79 Å². The lowest BCUT2D eigenvalue weighted by atomic mass is 10.1. The summed E-state index contributed by atoms with van der Waals surface area (Å²) in [5.41, 5.74) is -0.445. The van der Waals surface area contributed by atoms with Gasteiger partial charge in [0.2, 0.25) is 5.91 Å². The van der Waals surface area contributed by atoms with E-state index in [1.54, 1.807) is 4.90 Å². The lowest BCUT2D eigenvalue weighted by Gasteiger charge is -2.35. The van der Waals surface area contributed by atoms with Crippen molar-refractivity contribution in [3.05, 3.63) is 12.7 Å². The smallest absolute Gasteiger partial charge is 0.410 e. The zero-order chi connectivity index (χ0) is 17.7. The van der Waals surface area contributed by atoms with Crippen molar-refractivity contribution in [2.75, 3.05) is 45.8 Å². The Kier molecular flexibility index (Phi) is 6.27. The van der Waals surface area contributed by atoms with Gasteiger partial charge in [0.15, 0.2) is 0 Å². The Balaban J connectivity index is 1.64. The summed E-state index contributed by atoms with van der Waals surface area (Å²) in [6.45, 7) is 15.2. The predicted octanol–water partition coefficient (Wildman–Crippen LogP) is 1.96. The van der Waals surface area contributed by atoms with Gasteiger partial charge in [-0.3, -0.25) is 9.69 Å².